The first-order chi connectivity index (χ1) is 5.41. The van der Waals surface area contributed by atoms with E-state index in [0.717, 1.165) is 6.26 Å². The summed E-state index contributed by atoms with van der Waals surface area (Å²) in [5.74, 6) is 0.193. The van der Waals surface area contributed by atoms with Crippen LogP contribution in [0.1, 0.15) is 0 Å². The lowest BCUT2D eigenvalue weighted by molar-refractivity contribution is 0.598. The number of halogens is 1. The van der Waals surface area contributed by atoms with Gasteiger partial charge in [0.1, 0.15) is 5.82 Å². The van der Waals surface area contributed by atoms with Crippen LogP contribution in [0.25, 0.3) is 0 Å². The molecule has 2 N–H and O–H groups in total. The minimum absolute atomic E-state index is 0.0255. The molecular formula is C6H7BrN2O2S. The molecule has 0 aliphatic carbocycles. The lowest BCUT2D eigenvalue weighted by Gasteiger charge is -2.00. The van der Waals surface area contributed by atoms with E-state index in [1.165, 1.54) is 6.07 Å². The topological polar surface area (TPSA) is 73.0 Å². The zero-order chi connectivity index (χ0) is 9.35. The van der Waals surface area contributed by atoms with Crippen molar-refractivity contribution < 1.29 is 8.42 Å². The minimum Gasteiger partial charge on any atom is -0.384 e. The van der Waals surface area contributed by atoms with Crippen molar-refractivity contribution in [1.29, 1.82) is 0 Å². The molecule has 0 aromatic carbocycles. The first-order valence-electron chi connectivity index (χ1n) is 3.03. The molecule has 66 valence electrons. The number of hydrogen-bond acceptors (Lipinski definition) is 4. The number of anilines is 1. The van der Waals surface area contributed by atoms with Gasteiger partial charge in [0.25, 0.3) is 0 Å². The van der Waals surface area contributed by atoms with E-state index < -0.39 is 9.84 Å². The summed E-state index contributed by atoms with van der Waals surface area (Å²) in [5, 5.41) is -0.0255. The molecule has 0 amide bonds. The molecule has 0 aliphatic rings. The largest absolute Gasteiger partial charge is 0.384 e. The van der Waals surface area contributed by atoms with E-state index in [1.54, 1.807) is 6.07 Å². The molecule has 0 saturated heterocycles. The highest BCUT2D eigenvalue weighted by molar-refractivity contribution is 9.10. The summed E-state index contributed by atoms with van der Waals surface area (Å²) in [6.07, 6.45) is 1.08. The van der Waals surface area contributed by atoms with Crippen LogP contribution >= 0.6 is 15.9 Å². The molecule has 0 radical (unpaired) electrons. The fraction of sp³-hybridized carbons (Fsp3) is 0.167. The van der Waals surface area contributed by atoms with Gasteiger partial charge in [-0.2, -0.15) is 0 Å². The molecule has 4 nitrogen and oxygen atoms in total. The third-order valence-electron chi connectivity index (χ3n) is 1.19. The summed E-state index contributed by atoms with van der Waals surface area (Å²) >= 11 is 3.07. The Balaban J connectivity index is 3.43. The molecule has 0 fully saturated rings. The summed E-state index contributed by atoms with van der Waals surface area (Å²) in [6.45, 7) is 0. The van der Waals surface area contributed by atoms with Crippen molar-refractivity contribution in [1.82, 2.24) is 4.98 Å². The standard InChI is InChI=1S/C6H7BrN2O2S/c1-12(10,11)6-4(7)2-3-5(8)9-6/h2-3H,1H3,(H2,8,9). The van der Waals surface area contributed by atoms with Gasteiger partial charge in [0.05, 0.1) is 4.47 Å². The van der Waals surface area contributed by atoms with Crippen molar-refractivity contribution in [2.24, 2.45) is 0 Å². The van der Waals surface area contributed by atoms with Crippen molar-refractivity contribution in [3.05, 3.63) is 16.6 Å². The van der Waals surface area contributed by atoms with Crippen molar-refractivity contribution in [2.75, 3.05) is 12.0 Å². The number of nitrogen functional groups attached to an aromatic ring is 1. The second kappa shape index (κ2) is 3.02. The van der Waals surface area contributed by atoms with Crippen molar-refractivity contribution in [3.8, 4) is 0 Å². The molecule has 0 aliphatic heterocycles. The molecule has 0 spiro atoms. The molecule has 1 aromatic rings. The monoisotopic (exact) mass is 250 g/mol. The van der Waals surface area contributed by atoms with Crippen LogP contribution < -0.4 is 5.73 Å². The number of pyridine rings is 1. The van der Waals surface area contributed by atoms with Crippen LogP contribution in [0.4, 0.5) is 5.82 Å². The first-order valence-corrected chi connectivity index (χ1v) is 5.72. The highest BCUT2D eigenvalue weighted by atomic mass is 79.9. The van der Waals surface area contributed by atoms with Crippen LogP contribution in [0.15, 0.2) is 21.6 Å². The van der Waals surface area contributed by atoms with Crippen LogP contribution in [-0.4, -0.2) is 19.7 Å². The predicted octanol–water partition coefficient (Wildman–Crippen LogP) is 0.830. The third-order valence-corrected chi connectivity index (χ3v) is 3.10. The average molecular weight is 251 g/mol. The summed E-state index contributed by atoms with van der Waals surface area (Å²) in [4.78, 5) is 3.69. The number of aromatic nitrogens is 1. The van der Waals surface area contributed by atoms with E-state index >= 15 is 0 Å². The normalized spacial score (nSPS) is 11.5. The number of nitrogens with two attached hydrogens (primary N) is 1. The second-order valence-corrected chi connectivity index (χ2v) is 5.08. The number of hydrogen-bond donors (Lipinski definition) is 1. The van der Waals surface area contributed by atoms with E-state index in [4.69, 9.17) is 5.73 Å². The Morgan fingerprint density at radius 3 is 2.50 bits per heavy atom. The molecule has 1 aromatic heterocycles. The van der Waals surface area contributed by atoms with Gasteiger partial charge < -0.3 is 5.73 Å². The number of nitrogens with zero attached hydrogens (tertiary/aromatic N) is 1. The second-order valence-electron chi connectivity index (χ2n) is 2.30. The van der Waals surface area contributed by atoms with Gasteiger partial charge in [0.2, 0.25) is 0 Å². The minimum atomic E-state index is -3.29. The van der Waals surface area contributed by atoms with E-state index in [9.17, 15) is 8.42 Å². The highest BCUT2D eigenvalue weighted by Gasteiger charge is 2.13. The molecule has 1 rings (SSSR count). The Labute approximate surface area is 78.8 Å². The fourth-order valence-electron chi connectivity index (χ4n) is 0.698. The van der Waals surface area contributed by atoms with Gasteiger partial charge >= 0.3 is 0 Å². The van der Waals surface area contributed by atoms with Crippen LogP contribution in [0.5, 0.6) is 0 Å². The summed E-state index contributed by atoms with van der Waals surface area (Å²) < 4.78 is 22.5. The van der Waals surface area contributed by atoms with E-state index in [0.29, 0.717) is 4.47 Å². The Bertz CT molecular complexity index is 402. The van der Waals surface area contributed by atoms with Crippen LogP contribution in [0.3, 0.4) is 0 Å². The van der Waals surface area contributed by atoms with Gasteiger partial charge in [-0.1, -0.05) is 0 Å². The van der Waals surface area contributed by atoms with Gasteiger partial charge in [-0.3, -0.25) is 0 Å². The smallest absolute Gasteiger partial charge is 0.193 e. The van der Waals surface area contributed by atoms with E-state index in [2.05, 4.69) is 20.9 Å². The summed E-state index contributed by atoms with van der Waals surface area (Å²) in [6, 6.07) is 3.08. The van der Waals surface area contributed by atoms with E-state index in [1.807, 2.05) is 0 Å². The quantitative estimate of drug-likeness (QED) is 0.802. The summed E-state index contributed by atoms with van der Waals surface area (Å²) in [7, 11) is -3.29. The van der Waals surface area contributed by atoms with Gasteiger partial charge in [-0.25, -0.2) is 13.4 Å². The number of sulfone groups is 1. The summed E-state index contributed by atoms with van der Waals surface area (Å²) in [5.41, 5.74) is 5.33. The zero-order valence-electron chi connectivity index (χ0n) is 6.28. The predicted molar refractivity (Wildman–Crippen MR) is 49.5 cm³/mol. The molecule has 0 atom stereocenters. The molecule has 12 heavy (non-hydrogen) atoms. The highest BCUT2D eigenvalue weighted by Crippen LogP contribution is 2.20. The Kier molecular flexibility index (Phi) is 2.39. The Morgan fingerprint density at radius 1 is 1.50 bits per heavy atom. The van der Waals surface area contributed by atoms with Gasteiger partial charge in [-0.15, -0.1) is 0 Å². The van der Waals surface area contributed by atoms with Crippen LogP contribution in [0, 0.1) is 0 Å². The lowest BCUT2D eigenvalue weighted by Crippen LogP contribution is -2.03. The molecule has 0 bridgehead atoms. The molecule has 1 heterocycles. The fourth-order valence-corrected chi connectivity index (χ4v) is 2.49. The van der Waals surface area contributed by atoms with Gasteiger partial charge in [-0.05, 0) is 28.1 Å². The van der Waals surface area contributed by atoms with Gasteiger partial charge in [0, 0.05) is 6.26 Å². The van der Waals surface area contributed by atoms with E-state index in [-0.39, 0.29) is 10.8 Å². The number of rotatable bonds is 1. The lowest BCUT2D eigenvalue weighted by atomic mass is 10.5. The maximum Gasteiger partial charge on any atom is 0.193 e. The van der Waals surface area contributed by atoms with Gasteiger partial charge in [0.15, 0.2) is 14.9 Å². The SMILES string of the molecule is CS(=O)(=O)c1nc(N)ccc1Br. The van der Waals surface area contributed by atoms with Crippen LogP contribution in [0.2, 0.25) is 0 Å². The Morgan fingerprint density at radius 2 is 2.08 bits per heavy atom. The first kappa shape index (κ1) is 9.47. The van der Waals surface area contributed by atoms with Crippen molar-refractivity contribution >= 4 is 31.6 Å². The van der Waals surface area contributed by atoms with Crippen molar-refractivity contribution in [3.63, 3.8) is 0 Å². The molecular weight excluding hydrogens is 244 g/mol. The third kappa shape index (κ3) is 1.95. The molecule has 0 saturated carbocycles. The maximum absolute atomic E-state index is 11.1. The van der Waals surface area contributed by atoms with Crippen LogP contribution in [-0.2, 0) is 9.84 Å². The maximum atomic E-state index is 11.1. The Hall–Kier alpha value is -0.620. The van der Waals surface area contributed by atoms with Crippen molar-refractivity contribution in [2.45, 2.75) is 5.03 Å². The molecule has 6 heteroatoms. The average Bonchev–Trinajstić information content (AvgIpc) is 1.92. The zero-order valence-corrected chi connectivity index (χ0v) is 8.68. The molecule has 0 unspecified atom stereocenters.